The molecule has 0 amide bonds. The van der Waals surface area contributed by atoms with E-state index in [1.165, 1.54) is 23.8 Å². The number of benzene rings is 1. The molecule has 66 valence electrons. The second-order valence-corrected chi connectivity index (χ2v) is 4.04. The Hall–Kier alpha value is -1.02. The standard InChI is InChI=1S/C10H9ClN2/c11-7-3-8(6-1-2-6)9-5-12-13-10(9)4-7/h3-6H,1-2H2,(H,12,13). The molecule has 0 atom stereocenters. The van der Waals surface area contributed by atoms with Crippen LogP contribution in [0.2, 0.25) is 5.02 Å². The predicted octanol–water partition coefficient (Wildman–Crippen LogP) is 3.09. The Balaban J connectivity index is 2.33. The first-order valence-electron chi connectivity index (χ1n) is 4.47. The minimum Gasteiger partial charge on any atom is -0.278 e. The zero-order valence-corrected chi connectivity index (χ0v) is 7.80. The monoisotopic (exact) mass is 192 g/mol. The Morgan fingerprint density at radius 2 is 2.23 bits per heavy atom. The van der Waals surface area contributed by atoms with Gasteiger partial charge in [0.1, 0.15) is 0 Å². The minimum absolute atomic E-state index is 0.721. The lowest BCUT2D eigenvalue weighted by Gasteiger charge is -2.00. The Labute approximate surface area is 80.9 Å². The van der Waals surface area contributed by atoms with Crippen molar-refractivity contribution in [3.8, 4) is 0 Å². The van der Waals surface area contributed by atoms with E-state index in [1.54, 1.807) is 0 Å². The highest BCUT2D eigenvalue weighted by molar-refractivity contribution is 6.31. The summed E-state index contributed by atoms with van der Waals surface area (Å²) in [6, 6.07) is 3.99. The SMILES string of the molecule is Clc1cc(C2CC2)c2cn[nH]c2c1. The van der Waals surface area contributed by atoms with E-state index in [4.69, 9.17) is 11.6 Å². The molecule has 3 rings (SSSR count). The van der Waals surface area contributed by atoms with Gasteiger partial charge in [0.2, 0.25) is 0 Å². The third-order valence-corrected chi connectivity index (χ3v) is 2.79. The van der Waals surface area contributed by atoms with Gasteiger partial charge in [-0.15, -0.1) is 0 Å². The van der Waals surface area contributed by atoms with E-state index in [0.29, 0.717) is 0 Å². The first-order chi connectivity index (χ1) is 6.34. The Morgan fingerprint density at radius 1 is 1.38 bits per heavy atom. The molecule has 1 saturated carbocycles. The lowest BCUT2D eigenvalue weighted by atomic mass is 10.1. The van der Waals surface area contributed by atoms with Gasteiger partial charge in [-0.05, 0) is 36.5 Å². The summed E-state index contributed by atoms with van der Waals surface area (Å²) in [6.07, 6.45) is 4.47. The van der Waals surface area contributed by atoms with Crippen molar-refractivity contribution >= 4 is 22.5 Å². The number of hydrogen-bond donors (Lipinski definition) is 1. The lowest BCUT2D eigenvalue weighted by Crippen LogP contribution is -1.80. The summed E-state index contributed by atoms with van der Waals surface area (Å²) in [5.41, 5.74) is 2.41. The molecule has 0 radical (unpaired) electrons. The fourth-order valence-corrected chi connectivity index (χ4v) is 2.00. The van der Waals surface area contributed by atoms with Crippen molar-refractivity contribution in [2.75, 3.05) is 0 Å². The van der Waals surface area contributed by atoms with Crippen molar-refractivity contribution < 1.29 is 0 Å². The number of fused-ring (bicyclic) bond motifs is 1. The highest BCUT2D eigenvalue weighted by atomic mass is 35.5. The van der Waals surface area contributed by atoms with Crippen LogP contribution in [0.5, 0.6) is 0 Å². The lowest BCUT2D eigenvalue weighted by molar-refractivity contribution is 1.12. The quantitative estimate of drug-likeness (QED) is 0.739. The van der Waals surface area contributed by atoms with Gasteiger partial charge in [-0.1, -0.05) is 11.6 Å². The Morgan fingerprint density at radius 3 is 3.00 bits per heavy atom. The summed E-state index contributed by atoms with van der Waals surface area (Å²) in [7, 11) is 0. The van der Waals surface area contributed by atoms with E-state index in [-0.39, 0.29) is 0 Å². The molecule has 1 heterocycles. The predicted molar refractivity (Wildman–Crippen MR) is 53.1 cm³/mol. The molecule has 2 aromatic rings. The molecular formula is C10H9ClN2. The summed E-state index contributed by atoms with van der Waals surface area (Å²) < 4.78 is 0. The zero-order chi connectivity index (χ0) is 8.84. The maximum Gasteiger partial charge on any atom is 0.0668 e. The van der Waals surface area contributed by atoms with Crippen LogP contribution in [-0.4, -0.2) is 10.2 Å². The third-order valence-electron chi connectivity index (χ3n) is 2.57. The average molecular weight is 193 g/mol. The largest absolute Gasteiger partial charge is 0.278 e. The number of hydrogen-bond acceptors (Lipinski definition) is 1. The van der Waals surface area contributed by atoms with Crippen LogP contribution in [0.3, 0.4) is 0 Å². The van der Waals surface area contributed by atoms with Gasteiger partial charge in [0.15, 0.2) is 0 Å². The molecule has 13 heavy (non-hydrogen) atoms. The van der Waals surface area contributed by atoms with Crippen LogP contribution < -0.4 is 0 Å². The summed E-state index contributed by atoms with van der Waals surface area (Å²) in [6.45, 7) is 0. The number of halogens is 1. The number of nitrogens with one attached hydrogen (secondary N) is 1. The van der Waals surface area contributed by atoms with Gasteiger partial charge in [-0.2, -0.15) is 5.10 Å². The van der Waals surface area contributed by atoms with Gasteiger partial charge < -0.3 is 0 Å². The second-order valence-electron chi connectivity index (χ2n) is 3.60. The van der Waals surface area contributed by atoms with E-state index >= 15 is 0 Å². The molecular weight excluding hydrogens is 184 g/mol. The maximum absolute atomic E-state index is 6.00. The van der Waals surface area contributed by atoms with Crippen molar-refractivity contribution in [1.29, 1.82) is 0 Å². The van der Waals surface area contributed by atoms with Crippen molar-refractivity contribution in [2.45, 2.75) is 18.8 Å². The Bertz CT molecular complexity index is 457. The molecule has 0 saturated heterocycles. The highest BCUT2D eigenvalue weighted by Gasteiger charge is 2.26. The van der Waals surface area contributed by atoms with Gasteiger partial charge in [-0.3, -0.25) is 5.10 Å². The highest BCUT2D eigenvalue weighted by Crippen LogP contribution is 2.43. The van der Waals surface area contributed by atoms with Gasteiger partial charge >= 0.3 is 0 Å². The first-order valence-corrected chi connectivity index (χ1v) is 4.85. The molecule has 0 aliphatic heterocycles. The number of rotatable bonds is 1. The van der Waals surface area contributed by atoms with Crippen LogP contribution in [0, 0.1) is 0 Å². The molecule has 1 aliphatic carbocycles. The zero-order valence-electron chi connectivity index (χ0n) is 7.05. The summed E-state index contributed by atoms with van der Waals surface area (Å²) >= 11 is 6.00. The smallest absolute Gasteiger partial charge is 0.0668 e. The van der Waals surface area contributed by atoms with E-state index in [1.807, 2.05) is 12.3 Å². The summed E-state index contributed by atoms with van der Waals surface area (Å²) in [5.74, 6) is 0.721. The van der Waals surface area contributed by atoms with Gasteiger partial charge in [0.25, 0.3) is 0 Å². The summed E-state index contributed by atoms with van der Waals surface area (Å²) in [4.78, 5) is 0. The number of H-pyrrole nitrogens is 1. The van der Waals surface area contributed by atoms with Gasteiger partial charge in [0, 0.05) is 10.4 Å². The van der Waals surface area contributed by atoms with Gasteiger partial charge in [0.05, 0.1) is 11.7 Å². The van der Waals surface area contributed by atoms with Crippen molar-refractivity contribution in [3.05, 3.63) is 28.9 Å². The number of aromatic nitrogens is 2. The first kappa shape index (κ1) is 7.39. The fourth-order valence-electron chi connectivity index (χ4n) is 1.77. The van der Waals surface area contributed by atoms with Crippen molar-refractivity contribution in [3.63, 3.8) is 0 Å². The normalized spacial score (nSPS) is 16.7. The maximum atomic E-state index is 6.00. The molecule has 1 aromatic heterocycles. The van der Waals surface area contributed by atoms with Crippen LogP contribution in [0.4, 0.5) is 0 Å². The molecule has 1 aromatic carbocycles. The molecule has 1 aliphatic rings. The third kappa shape index (κ3) is 1.13. The Kier molecular flexibility index (Phi) is 1.41. The molecule has 2 nitrogen and oxygen atoms in total. The molecule has 0 bridgehead atoms. The van der Waals surface area contributed by atoms with Crippen molar-refractivity contribution in [1.82, 2.24) is 10.2 Å². The van der Waals surface area contributed by atoms with E-state index in [9.17, 15) is 0 Å². The number of nitrogens with zero attached hydrogens (tertiary/aromatic N) is 1. The fraction of sp³-hybridized carbons (Fsp3) is 0.300. The number of aromatic amines is 1. The summed E-state index contributed by atoms with van der Waals surface area (Å²) in [5, 5.41) is 9.01. The topological polar surface area (TPSA) is 28.7 Å². The van der Waals surface area contributed by atoms with E-state index in [0.717, 1.165) is 16.5 Å². The van der Waals surface area contributed by atoms with E-state index < -0.39 is 0 Å². The van der Waals surface area contributed by atoms with Crippen LogP contribution in [-0.2, 0) is 0 Å². The van der Waals surface area contributed by atoms with Crippen LogP contribution >= 0.6 is 11.6 Å². The van der Waals surface area contributed by atoms with Gasteiger partial charge in [-0.25, -0.2) is 0 Å². The average Bonchev–Trinajstić information content (AvgIpc) is 2.84. The van der Waals surface area contributed by atoms with E-state index in [2.05, 4.69) is 16.3 Å². The molecule has 3 heteroatoms. The minimum atomic E-state index is 0.721. The molecule has 0 unspecified atom stereocenters. The molecule has 1 fully saturated rings. The second kappa shape index (κ2) is 2.48. The van der Waals surface area contributed by atoms with Crippen LogP contribution in [0.1, 0.15) is 24.3 Å². The molecule has 0 spiro atoms. The molecule has 1 N–H and O–H groups in total. The van der Waals surface area contributed by atoms with Crippen LogP contribution in [0.15, 0.2) is 18.3 Å². The van der Waals surface area contributed by atoms with Crippen molar-refractivity contribution in [2.24, 2.45) is 0 Å². The van der Waals surface area contributed by atoms with Crippen LogP contribution in [0.25, 0.3) is 10.9 Å².